The molecule has 0 amide bonds. The van der Waals surface area contributed by atoms with Crippen LogP contribution in [0.2, 0.25) is 0 Å². The molecular weight excluding hydrogens is 206 g/mol. The Morgan fingerprint density at radius 3 is 2.75 bits per heavy atom. The first kappa shape index (κ1) is 10.4. The number of nitrogens with zero attached hydrogens (tertiary/aromatic N) is 3. The highest BCUT2D eigenvalue weighted by atomic mass is 16.4. The summed E-state index contributed by atoms with van der Waals surface area (Å²) in [6.07, 6.45) is 3.30. The average molecular weight is 217 g/mol. The van der Waals surface area contributed by atoms with Crippen molar-refractivity contribution in [3.05, 3.63) is 41.6 Å². The van der Waals surface area contributed by atoms with Gasteiger partial charge in [-0.05, 0) is 26.0 Å². The summed E-state index contributed by atoms with van der Waals surface area (Å²) in [5.41, 5.74) is 1.09. The van der Waals surface area contributed by atoms with E-state index < -0.39 is 5.97 Å². The first-order valence-corrected chi connectivity index (χ1v) is 4.80. The van der Waals surface area contributed by atoms with E-state index in [0.29, 0.717) is 5.82 Å². The molecule has 1 N–H and O–H groups in total. The summed E-state index contributed by atoms with van der Waals surface area (Å²) in [5, 5.41) is 8.88. The highest BCUT2D eigenvalue weighted by Crippen LogP contribution is 2.11. The minimum absolute atomic E-state index is 0.218. The van der Waals surface area contributed by atoms with Crippen LogP contribution in [0, 0.1) is 13.8 Å². The number of carboxylic acid groups (broad SMARTS) is 1. The van der Waals surface area contributed by atoms with Crippen molar-refractivity contribution in [2.24, 2.45) is 0 Å². The molecule has 0 aromatic carbocycles. The molecule has 0 aliphatic carbocycles. The van der Waals surface area contributed by atoms with Crippen molar-refractivity contribution in [1.82, 2.24) is 14.5 Å². The van der Waals surface area contributed by atoms with Crippen LogP contribution in [0.3, 0.4) is 0 Å². The van der Waals surface area contributed by atoms with Crippen molar-refractivity contribution < 1.29 is 9.90 Å². The van der Waals surface area contributed by atoms with Gasteiger partial charge in [0, 0.05) is 12.4 Å². The third-order valence-electron chi connectivity index (χ3n) is 2.24. The zero-order chi connectivity index (χ0) is 11.7. The third-order valence-corrected chi connectivity index (χ3v) is 2.24. The highest BCUT2D eigenvalue weighted by Gasteiger charge is 2.08. The second-order valence-corrected chi connectivity index (χ2v) is 3.51. The monoisotopic (exact) mass is 217 g/mol. The SMILES string of the molecule is Cc1cn(-c2cc(C(=O)O)ccn2)c(C)n1. The molecule has 2 heterocycles. The maximum Gasteiger partial charge on any atom is 0.335 e. The fraction of sp³-hybridized carbons (Fsp3) is 0.182. The van der Waals surface area contributed by atoms with E-state index >= 15 is 0 Å². The third kappa shape index (κ3) is 1.79. The van der Waals surface area contributed by atoms with Gasteiger partial charge in [-0.25, -0.2) is 14.8 Å². The second-order valence-electron chi connectivity index (χ2n) is 3.51. The Bertz CT molecular complexity index is 546. The lowest BCUT2D eigenvalue weighted by Gasteiger charge is -2.03. The number of carboxylic acids is 1. The van der Waals surface area contributed by atoms with Gasteiger partial charge in [-0.3, -0.25) is 4.57 Å². The van der Waals surface area contributed by atoms with Gasteiger partial charge in [-0.2, -0.15) is 0 Å². The van der Waals surface area contributed by atoms with Crippen molar-refractivity contribution in [2.45, 2.75) is 13.8 Å². The van der Waals surface area contributed by atoms with Gasteiger partial charge in [0.05, 0.1) is 11.3 Å². The fourth-order valence-electron chi connectivity index (χ4n) is 1.53. The molecule has 0 aliphatic heterocycles. The van der Waals surface area contributed by atoms with Crippen LogP contribution in [0.25, 0.3) is 5.82 Å². The van der Waals surface area contributed by atoms with Crippen LogP contribution < -0.4 is 0 Å². The van der Waals surface area contributed by atoms with Gasteiger partial charge in [0.15, 0.2) is 0 Å². The molecular formula is C11H11N3O2. The molecule has 0 saturated heterocycles. The summed E-state index contributed by atoms with van der Waals surface area (Å²) in [4.78, 5) is 19.2. The largest absolute Gasteiger partial charge is 0.478 e. The zero-order valence-electron chi connectivity index (χ0n) is 9.01. The summed E-state index contributed by atoms with van der Waals surface area (Å²) in [6.45, 7) is 3.73. The lowest BCUT2D eigenvalue weighted by molar-refractivity contribution is 0.0696. The van der Waals surface area contributed by atoms with Crippen LogP contribution in [0.15, 0.2) is 24.5 Å². The predicted molar refractivity (Wildman–Crippen MR) is 57.8 cm³/mol. The van der Waals surface area contributed by atoms with Crippen LogP contribution in [0.1, 0.15) is 21.9 Å². The zero-order valence-corrected chi connectivity index (χ0v) is 9.01. The number of hydrogen-bond acceptors (Lipinski definition) is 3. The van der Waals surface area contributed by atoms with E-state index in [1.54, 1.807) is 4.57 Å². The van der Waals surface area contributed by atoms with Gasteiger partial charge < -0.3 is 5.11 Å². The standard InChI is InChI=1S/C11H11N3O2/c1-7-6-14(8(2)13-7)10-5-9(11(15)16)3-4-12-10/h3-6H,1-2H3,(H,15,16). The number of carbonyl (C=O) groups is 1. The number of aryl methyl sites for hydroxylation is 2. The number of aromatic nitrogens is 3. The van der Waals surface area contributed by atoms with Crippen LogP contribution in [-0.4, -0.2) is 25.6 Å². The summed E-state index contributed by atoms with van der Waals surface area (Å²) >= 11 is 0. The van der Waals surface area contributed by atoms with Crippen LogP contribution >= 0.6 is 0 Å². The van der Waals surface area contributed by atoms with Crippen molar-refractivity contribution in [1.29, 1.82) is 0 Å². The normalized spacial score (nSPS) is 10.4. The van der Waals surface area contributed by atoms with E-state index in [1.807, 2.05) is 20.0 Å². The van der Waals surface area contributed by atoms with E-state index in [9.17, 15) is 4.79 Å². The second kappa shape index (κ2) is 3.77. The average Bonchev–Trinajstić information content (AvgIpc) is 2.58. The van der Waals surface area contributed by atoms with E-state index in [2.05, 4.69) is 9.97 Å². The molecule has 0 radical (unpaired) electrons. The Labute approximate surface area is 92.4 Å². The summed E-state index contributed by atoms with van der Waals surface area (Å²) in [7, 11) is 0. The fourth-order valence-corrected chi connectivity index (χ4v) is 1.53. The quantitative estimate of drug-likeness (QED) is 0.829. The van der Waals surface area contributed by atoms with Gasteiger partial charge in [-0.1, -0.05) is 0 Å². The Morgan fingerprint density at radius 1 is 1.44 bits per heavy atom. The van der Waals surface area contributed by atoms with E-state index in [-0.39, 0.29) is 5.56 Å². The molecule has 0 atom stereocenters. The Morgan fingerprint density at radius 2 is 2.19 bits per heavy atom. The van der Waals surface area contributed by atoms with Gasteiger partial charge in [0.1, 0.15) is 11.6 Å². The molecule has 2 aromatic heterocycles. The predicted octanol–water partition coefficient (Wildman–Crippen LogP) is 1.58. The molecule has 2 rings (SSSR count). The van der Waals surface area contributed by atoms with Crippen molar-refractivity contribution in [2.75, 3.05) is 0 Å². The number of imidazole rings is 1. The first-order valence-electron chi connectivity index (χ1n) is 4.80. The van der Waals surface area contributed by atoms with Crippen molar-refractivity contribution in [3.8, 4) is 5.82 Å². The summed E-state index contributed by atoms with van der Waals surface area (Å²) in [5.74, 6) is 0.392. The van der Waals surface area contributed by atoms with E-state index in [1.165, 1.54) is 18.3 Å². The highest BCUT2D eigenvalue weighted by molar-refractivity contribution is 5.87. The van der Waals surface area contributed by atoms with Gasteiger partial charge in [0.25, 0.3) is 0 Å². The molecule has 0 bridgehead atoms. The maximum atomic E-state index is 10.8. The Kier molecular flexibility index (Phi) is 2.44. The molecule has 0 spiro atoms. The van der Waals surface area contributed by atoms with E-state index in [4.69, 9.17) is 5.11 Å². The number of hydrogen-bond donors (Lipinski definition) is 1. The Hall–Kier alpha value is -2.17. The first-order chi connectivity index (χ1) is 7.58. The molecule has 0 unspecified atom stereocenters. The molecule has 82 valence electrons. The molecule has 2 aromatic rings. The number of rotatable bonds is 2. The topological polar surface area (TPSA) is 68.0 Å². The van der Waals surface area contributed by atoms with Gasteiger partial charge in [0.2, 0.25) is 0 Å². The maximum absolute atomic E-state index is 10.8. The minimum atomic E-state index is -0.960. The lowest BCUT2D eigenvalue weighted by Crippen LogP contribution is -2.02. The number of aromatic carboxylic acids is 1. The molecule has 5 heteroatoms. The smallest absolute Gasteiger partial charge is 0.335 e. The molecule has 0 fully saturated rings. The molecule has 0 aliphatic rings. The molecule has 0 saturated carbocycles. The van der Waals surface area contributed by atoms with Crippen LogP contribution in [0.5, 0.6) is 0 Å². The summed E-state index contributed by atoms with van der Waals surface area (Å²) < 4.78 is 1.77. The van der Waals surface area contributed by atoms with Gasteiger partial charge >= 0.3 is 5.97 Å². The Balaban J connectivity index is 2.52. The lowest BCUT2D eigenvalue weighted by atomic mass is 10.2. The van der Waals surface area contributed by atoms with Gasteiger partial charge in [-0.15, -0.1) is 0 Å². The van der Waals surface area contributed by atoms with Crippen molar-refractivity contribution >= 4 is 5.97 Å². The number of pyridine rings is 1. The van der Waals surface area contributed by atoms with Crippen LogP contribution in [-0.2, 0) is 0 Å². The minimum Gasteiger partial charge on any atom is -0.478 e. The van der Waals surface area contributed by atoms with E-state index in [0.717, 1.165) is 11.5 Å². The van der Waals surface area contributed by atoms with Crippen molar-refractivity contribution in [3.63, 3.8) is 0 Å². The van der Waals surface area contributed by atoms with Crippen LogP contribution in [0.4, 0.5) is 0 Å². The molecule has 5 nitrogen and oxygen atoms in total. The summed E-state index contributed by atoms with van der Waals surface area (Å²) in [6, 6.07) is 2.99. The molecule has 16 heavy (non-hydrogen) atoms.